The van der Waals surface area contributed by atoms with Gasteiger partial charge < -0.3 is 19.5 Å². The molecule has 1 saturated heterocycles. The largest absolute Gasteiger partial charge is 0.493 e. The Bertz CT molecular complexity index is 1150. The minimum Gasteiger partial charge on any atom is -0.493 e. The first-order chi connectivity index (χ1) is 17.4. The van der Waals surface area contributed by atoms with E-state index in [4.69, 9.17) is 26.1 Å². The zero-order chi connectivity index (χ0) is 25.5. The van der Waals surface area contributed by atoms with Crippen molar-refractivity contribution < 1.29 is 19.4 Å². The van der Waals surface area contributed by atoms with Crippen LogP contribution >= 0.6 is 11.6 Å². The zero-order valence-electron chi connectivity index (χ0n) is 20.7. The van der Waals surface area contributed by atoms with Crippen molar-refractivity contribution in [3.63, 3.8) is 0 Å². The average molecular weight is 510 g/mol. The number of aromatic carboxylic acids is 1. The van der Waals surface area contributed by atoms with E-state index in [9.17, 15) is 9.90 Å². The molecule has 1 aliphatic heterocycles. The summed E-state index contributed by atoms with van der Waals surface area (Å²) in [6, 6.07) is 15.4. The minimum absolute atomic E-state index is 0.114. The van der Waals surface area contributed by atoms with Crippen LogP contribution in [0.1, 0.15) is 48.3 Å². The third kappa shape index (κ3) is 6.88. The topological polar surface area (TPSA) is 84.8 Å². The number of anilines is 1. The van der Waals surface area contributed by atoms with Crippen molar-refractivity contribution in [1.82, 2.24) is 9.97 Å². The predicted octanol–water partition coefficient (Wildman–Crippen LogP) is 5.70. The lowest BCUT2D eigenvalue weighted by Crippen LogP contribution is -2.35. The van der Waals surface area contributed by atoms with E-state index in [1.165, 1.54) is 6.20 Å². The number of hydrogen-bond donors (Lipinski definition) is 1. The molecule has 0 bridgehead atoms. The molecule has 4 rings (SSSR count). The summed E-state index contributed by atoms with van der Waals surface area (Å²) < 4.78 is 11.7. The van der Waals surface area contributed by atoms with Crippen LogP contribution < -0.4 is 14.4 Å². The van der Waals surface area contributed by atoms with Crippen LogP contribution in [-0.4, -0.2) is 46.8 Å². The van der Waals surface area contributed by atoms with Crippen molar-refractivity contribution in [1.29, 1.82) is 0 Å². The van der Waals surface area contributed by atoms with Crippen molar-refractivity contribution in [2.45, 2.75) is 45.6 Å². The molecule has 0 radical (unpaired) electrons. The number of rotatable bonds is 11. The number of carboxylic acids is 1. The van der Waals surface area contributed by atoms with Crippen LogP contribution in [0.2, 0.25) is 5.02 Å². The standard InChI is InChI=1S/C28H32ClN3O4/c1-19(2)17-35-23-10-5-20(6-11-23)7-14-26-25(27(33)34)16-30-28(31-26)32-15-3-4-22(32)18-36-24-12-8-21(29)9-13-24/h5-6,8-13,16,19,22H,3-4,7,14-15,17-18H2,1-2H3,(H,33,34). The molecule has 1 aromatic heterocycles. The molecule has 0 aliphatic carbocycles. The maximum absolute atomic E-state index is 11.8. The summed E-state index contributed by atoms with van der Waals surface area (Å²) in [7, 11) is 0. The Balaban J connectivity index is 1.43. The Hall–Kier alpha value is -3.32. The highest BCUT2D eigenvalue weighted by Gasteiger charge is 2.28. The molecule has 1 N–H and O–H groups in total. The van der Waals surface area contributed by atoms with Crippen LogP contribution in [0.15, 0.2) is 54.7 Å². The average Bonchev–Trinajstić information content (AvgIpc) is 3.35. The van der Waals surface area contributed by atoms with E-state index < -0.39 is 5.97 Å². The van der Waals surface area contributed by atoms with Gasteiger partial charge in [0.15, 0.2) is 0 Å². The highest BCUT2D eigenvalue weighted by Crippen LogP contribution is 2.25. The van der Waals surface area contributed by atoms with Gasteiger partial charge in [-0.25, -0.2) is 14.8 Å². The van der Waals surface area contributed by atoms with Gasteiger partial charge in [0, 0.05) is 17.8 Å². The van der Waals surface area contributed by atoms with Gasteiger partial charge in [-0.1, -0.05) is 37.6 Å². The van der Waals surface area contributed by atoms with E-state index in [1.807, 2.05) is 36.4 Å². The molecule has 1 fully saturated rings. The second-order valence-electron chi connectivity index (χ2n) is 9.44. The summed E-state index contributed by atoms with van der Waals surface area (Å²) in [5.41, 5.74) is 1.78. The third-order valence-electron chi connectivity index (χ3n) is 6.13. The second kappa shape index (κ2) is 12.1. The quantitative estimate of drug-likeness (QED) is 0.355. The van der Waals surface area contributed by atoms with Crippen LogP contribution in [0.25, 0.3) is 0 Å². The molecule has 2 heterocycles. The Kier molecular flexibility index (Phi) is 8.65. The molecular weight excluding hydrogens is 478 g/mol. The van der Waals surface area contributed by atoms with Gasteiger partial charge in [0.2, 0.25) is 5.95 Å². The molecular formula is C28H32ClN3O4. The van der Waals surface area contributed by atoms with E-state index in [1.54, 1.807) is 12.1 Å². The van der Waals surface area contributed by atoms with Gasteiger partial charge in [0.25, 0.3) is 0 Å². The van der Waals surface area contributed by atoms with Crippen LogP contribution in [-0.2, 0) is 12.8 Å². The second-order valence-corrected chi connectivity index (χ2v) is 9.88. The summed E-state index contributed by atoms with van der Waals surface area (Å²) in [6.45, 7) is 6.20. The van der Waals surface area contributed by atoms with E-state index in [0.717, 1.165) is 36.4 Å². The number of carbonyl (C=O) groups is 1. The molecule has 7 nitrogen and oxygen atoms in total. The number of benzene rings is 2. The molecule has 8 heteroatoms. The molecule has 0 amide bonds. The lowest BCUT2D eigenvalue weighted by molar-refractivity contribution is 0.0694. The third-order valence-corrected chi connectivity index (χ3v) is 6.38. The first kappa shape index (κ1) is 25.8. The van der Waals surface area contributed by atoms with Gasteiger partial charge in [-0.3, -0.25) is 0 Å². The number of aryl methyl sites for hydroxylation is 2. The highest BCUT2D eigenvalue weighted by molar-refractivity contribution is 6.30. The highest BCUT2D eigenvalue weighted by atomic mass is 35.5. The Morgan fingerprint density at radius 2 is 1.78 bits per heavy atom. The molecule has 190 valence electrons. The first-order valence-electron chi connectivity index (χ1n) is 12.3. The minimum atomic E-state index is -1.02. The summed E-state index contributed by atoms with van der Waals surface area (Å²) in [4.78, 5) is 23.1. The van der Waals surface area contributed by atoms with Crippen molar-refractivity contribution in [2.24, 2.45) is 5.92 Å². The summed E-state index contributed by atoms with van der Waals surface area (Å²) in [6.07, 6.45) is 4.56. The molecule has 36 heavy (non-hydrogen) atoms. The van der Waals surface area contributed by atoms with E-state index in [0.29, 0.717) is 48.6 Å². The number of nitrogens with zero attached hydrogens (tertiary/aromatic N) is 3. The number of aromatic nitrogens is 2. The van der Waals surface area contributed by atoms with Crippen molar-refractivity contribution in [3.05, 3.63) is 76.6 Å². The Labute approximate surface area is 217 Å². The number of carboxylic acid groups (broad SMARTS) is 1. The van der Waals surface area contributed by atoms with Gasteiger partial charge in [-0.2, -0.15) is 0 Å². The number of ether oxygens (including phenoxy) is 2. The van der Waals surface area contributed by atoms with Gasteiger partial charge >= 0.3 is 5.97 Å². The maximum atomic E-state index is 11.8. The van der Waals surface area contributed by atoms with Gasteiger partial charge in [-0.15, -0.1) is 0 Å². The Morgan fingerprint density at radius 1 is 1.08 bits per heavy atom. The maximum Gasteiger partial charge on any atom is 0.339 e. The van der Waals surface area contributed by atoms with Gasteiger partial charge in [-0.05, 0) is 73.6 Å². The summed E-state index contributed by atoms with van der Waals surface area (Å²) in [5, 5.41) is 10.4. The van der Waals surface area contributed by atoms with Crippen LogP contribution in [0, 0.1) is 5.92 Å². The van der Waals surface area contributed by atoms with E-state index >= 15 is 0 Å². The fourth-order valence-electron chi connectivity index (χ4n) is 4.19. The zero-order valence-corrected chi connectivity index (χ0v) is 21.4. The van der Waals surface area contributed by atoms with Crippen LogP contribution in [0.4, 0.5) is 5.95 Å². The van der Waals surface area contributed by atoms with Crippen LogP contribution in [0.3, 0.4) is 0 Å². The lowest BCUT2D eigenvalue weighted by atomic mass is 10.1. The Morgan fingerprint density at radius 3 is 2.47 bits per heavy atom. The monoisotopic (exact) mass is 509 g/mol. The fraction of sp³-hybridized carbons (Fsp3) is 0.393. The first-order valence-corrected chi connectivity index (χ1v) is 12.7. The molecule has 1 atom stereocenters. The van der Waals surface area contributed by atoms with Crippen molar-refractivity contribution in [2.75, 3.05) is 24.7 Å². The smallest absolute Gasteiger partial charge is 0.339 e. The molecule has 3 aromatic rings. The van der Waals surface area contributed by atoms with E-state index in [-0.39, 0.29) is 11.6 Å². The number of halogens is 1. The lowest BCUT2D eigenvalue weighted by Gasteiger charge is -2.25. The SMILES string of the molecule is CC(C)COc1ccc(CCc2nc(N3CCCC3COc3ccc(Cl)cc3)ncc2C(=O)O)cc1. The molecule has 2 aromatic carbocycles. The van der Waals surface area contributed by atoms with Crippen molar-refractivity contribution >= 4 is 23.5 Å². The summed E-state index contributed by atoms with van der Waals surface area (Å²) >= 11 is 5.96. The summed E-state index contributed by atoms with van der Waals surface area (Å²) in [5.74, 6) is 1.59. The van der Waals surface area contributed by atoms with Crippen LogP contribution in [0.5, 0.6) is 11.5 Å². The molecule has 0 saturated carbocycles. The predicted molar refractivity (Wildman–Crippen MR) is 140 cm³/mol. The number of hydrogen-bond acceptors (Lipinski definition) is 6. The molecule has 1 unspecified atom stereocenters. The van der Waals surface area contributed by atoms with E-state index in [2.05, 4.69) is 23.7 Å². The van der Waals surface area contributed by atoms with Gasteiger partial charge in [0.1, 0.15) is 18.1 Å². The normalized spacial score (nSPS) is 15.3. The van der Waals surface area contributed by atoms with Crippen molar-refractivity contribution in [3.8, 4) is 11.5 Å². The molecule has 0 spiro atoms. The van der Waals surface area contributed by atoms with Gasteiger partial charge in [0.05, 0.1) is 23.9 Å². The fourth-order valence-corrected chi connectivity index (χ4v) is 4.31. The molecule has 1 aliphatic rings.